The SMILES string of the molecule is COc1cc(OC)c(C(N)CC(N)=O)c(OC)c1. The Labute approximate surface area is 106 Å². The van der Waals surface area contributed by atoms with Gasteiger partial charge in [-0.25, -0.2) is 0 Å². The highest BCUT2D eigenvalue weighted by molar-refractivity contribution is 5.75. The summed E-state index contributed by atoms with van der Waals surface area (Å²) in [5.74, 6) is 1.10. The highest BCUT2D eigenvalue weighted by atomic mass is 16.5. The molecule has 0 heterocycles. The van der Waals surface area contributed by atoms with Gasteiger partial charge in [0.25, 0.3) is 0 Å². The topological polar surface area (TPSA) is 96.8 Å². The third-order valence-corrected chi connectivity index (χ3v) is 2.55. The van der Waals surface area contributed by atoms with Crippen LogP contribution in [0.25, 0.3) is 0 Å². The molecule has 0 spiro atoms. The number of ether oxygens (including phenoxy) is 3. The van der Waals surface area contributed by atoms with Gasteiger partial charge in [0.05, 0.1) is 26.9 Å². The van der Waals surface area contributed by atoms with Gasteiger partial charge in [-0.15, -0.1) is 0 Å². The maximum atomic E-state index is 10.9. The van der Waals surface area contributed by atoms with E-state index >= 15 is 0 Å². The van der Waals surface area contributed by atoms with Crippen molar-refractivity contribution in [2.75, 3.05) is 21.3 Å². The Morgan fingerprint density at radius 3 is 2.00 bits per heavy atom. The number of methoxy groups -OCH3 is 3. The monoisotopic (exact) mass is 254 g/mol. The van der Waals surface area contributed by atoms with Gasteiger partial charge in [-0.2, -0.15) is 0 Å². The summed E-state index contributed by atoms with van der Waals surface area (Å²) in [6, 6.07) is 2.77. The van der Waals surface area contributed by atoms with Crippen LogP contribution in [0.4, 0.5) is 0 Å². The molecule has 0 aliphatic heterocycles. The van der Waals surface area contributed by atoms with Crippen LogP contribution in [0.1, 0.15) is 18.0 Å². The van der Waals surface area contributed by atoms with Crippen molar-refractivity contribution < 1.29 is 19.0 Å². The van der Waals surface area contributed by atoms with Crippen LogP contribution < -0.4 is 25.7 Å². The first-order valence-electron chi connectivity index (χ1n) is 5.37. The second-order valence-electron chi connectivity index (χ2n) is 3.72. The number of primary amides is 1. The van der Waals surface area contributed by atoms with Gasteiger partial charge in [0.15, 0.2) is 0 Å². The van der Waals surface area contributed by atoms with Gasteiger partial charge in [0, 0.05) is 24.6 Å². The van der Waals surface area contributed by atoms with E-state index in [4.69, 9.17) is 25.7 Å². The van der Waals surface area contributed by atoms with E-state index in [1.807, 2.05) is 0 Å². The minimum Gasteiger partial charge on any atom is -0.496 e. The van der Waals surface area contributed by atoms with Gasteiger partial charge in [-0.05, 0) is 0 Å². The highest BCUT2D eigenvalue weighted by Crippen LogP contribution is 2.38. The molecule has 1 atom stereocenters. The van der Waals surface area contributed by atoms with Crippen LogP contribution in [0.2, 0.25) is 0 Å². The van der Waals surface area contributed by atoms with E-state index in [2.05, 4.69) is 0 Å². The van der Waals surface area contributed by atoms with Crippen molar-refractivity contribution in [2.24, 2.45) is 11.5 Å². The number of rotatable bonds is 6. The van der Waals surface area contributed by atoms with Crippen molar-refractivity contribution >= 4 is 5.91 Å². The molecule has 1 amide bonds. The molecule has 0 aromatic heterocycles. The molecule has 1 rings (SSSR count). The van der Waals surface area contributed by atoms with E-state index in [-0.39, 0.29) is 6.42 Å². The Morgan fingerprint density at radius 1 is 1.17 bits per heavy atom. The summed E-state index contributed by atoms with van der Waals surface area (Å²) >= 11 is 0. The maximum Gasteiger partial charge on any atom is 0.219 e. The quantitative estimate of drug-likeness (QED) is 0.774. The van der Waals surface area contributed by atoms with Crippen molar-refractivity contribution in [3.63, 3.8) is 0 Å². The van der Waals surface area contributed by atoms with E-state index in [1.165, 1.54) is 21.3 Å². The first-order chi connectivity index (χ1) is 8.53. The number of hydrogen-bond donors (Lipinski definition) is 2. The summed E-state index contributed by atoms with van der Waals surface area (Å²) in [5.41, 5.74) is 11.7. The molecule has 1 aromatic carbocycles. The lowest BCUT2D eigenvalue weighted by Gasteiger charge is -2.19. The van der Waals surface area contributed by atoms with Crippen molar-refractivity contribution in [3.8, 4) is 17.2 Å². The Bertz CT molecular complexity index is 409. The fraction of sp³-hybridized carbons (Fsp3) is 0.417. The van der Waals surface area contributed by atoms with E-state index in [0.717, 1.165) is 0 Å². The minimum absolute atomic E-state index is 0.0129. The average molecular weight is 254 g/mol. The first kappa shape index (κ1) is 14.1. The van der Waals surface area contributed by atoms with Crippen molar-refractivity contribution in [3.05, 3.63) is 17.7 Å². The molecule has 0 radical (unpaired) electrons. The lowest BCUT2D eigenvalue weighted by molar-refractivity contribution is -0.118. The molecule has 18 heavy (non-hydrogen) atoms. The van der Waals surface area contributed by atoms with Crippen LogP contribution >= 0.6 is 0 Å². The zero-order valence-corrected chi connectivity index (χ0v) is 10.7. The van der Waals surface area contributed by atoms with Gasteiger partial charge < -0.3 is 25.7 Å². The summed E-state index contributed by atoms with van der Waals surface area (Å²) in [5, 5.41) is 0. The molecule has 0 saturated carbocycles. The van der Waals surface area contributed by atoms with Gasteiger partial charge in [0.2, 0.25) is 5.91 Å². The summed E-state index contributed by atoms with van der Waals surface area (Å²) in [6.07, 6.45) is 0.0129. The Morgan fingerprint density at radius 2 is 1.67 bits per heavy atom. The molecule has 0 aliphatic carbocycles. The Hall–Kier alpha value is -1.95. The molecule has 1 unspecified atom stereocenters. The number of carbonyl (C=O) groups excluding carboxylic acids is 1. The van der Waals surface area contributed by atoms with E-state index in [9.17, 15) is 4.79 Å². The van der Waals surface area contributed by atoms with Gasteiger partial charge in [0.1, 0.15) is 17.2 Å². The van der Waals surface area contributed by atoms with Crippen LogP contribution in [0.5, 0.6) is 17.2 Å². The standard InChI is InChI=1S/C12H18N2O4/c1-16-7-4-9(17-2)12(10(5-7)18-3)8(13)6-11(14)15/h4-5,8H,6,13H2,1-3H3,(H2,14,15). The maximum absolute atomic E-state index is 10.9. The largest absolute Gasteiger partial charge is 0.496 e. The molecule has 0 bridgehead atoms. The lowest BCUT2D eigenvalue weighted by atomic mass is 10.0. The third kappa shape index (κ3) is 3.04. The van der Waals surface area contributed by atoms with Crippen molar-refractivity contribution in [1.29, 1.82) is 0 Å². The third-order valence-electron chi connectivity index (χ3n) is 2.55. The fourth-order valence-electron chi connectivity index (χ4n) is 1.72. The predicted octanol–water partition coefficient (Wildman–Crippen LogP) is 0.588. The van der Waals surface area contributed by atoms with Crippen LogP contribution in [-0.4, -0.2) is 27.2 Å². The zero-order valence-electron chi connectivity index (χ0n) is 10.7. The van der Waals surface area contributed by atoms with Crippen LogP contribution in [0.3, 0.4) is 0 Å². The summed E-state index contributed by atoms with van der Waals surface area (Å²) in [7, 11) is 4.56. The molecule has 1 aromatic rings. The number of hydrogen-bond acceptors (Lipinski definition) is 5. The second-order valence-corrected chi connectivity index (χ2v) is 3.72. The molecule has 6 heteroatoms. The number of nitrogens with two attached hydrogens (primary N) is 2. The molecule has 4 N–H and O–H groups in total. The second kappa shape index (κ2) is 6.11. The van der Waals surface area contributed by atoms with E-state index < -0.39 is 11.9 Å². The number of carbonyl (C=O) groups is 1. The molecule has 0 saturated heterocycles. The number of amides is 1. The Kier molecular flexibility index (Phi) is 4.79. The summed E-state index contributed by atoms with van der Waals surface area (Å²) in [4.78, 5) is 10.9. The van der Waals surface area contributed by atoms with E-state index in [0.29, 0.717) is 22.8 Å². The minimum atomic E-state index is -0.585. The first-order valence-corrected chi connectivity index (χ1v) is 5.37. The smallest absolute Gasteiger partial charge is 0.219 e. The highest BCUT2D eigenvalue weighted by Gasteiger charge is 2.20. The fourth-order valence-corrected chi connectivity index (χ4v) is 1.72. The molecular formula is C12H18N2O4. The van der Waals surface area contributed by atoms with Crippen LogP contribution in [-0.2, 0) is 4.79 Å². The van der Waals surface area contributed by atoms with Crippen molar-refractivity contribution in [1.82, 2.24) is 0 Å². The molecular weight excluding hydrogens is 236 g/mol. The molecule has 100 valence electrons. The van der Waals surface area contributed by atoms with Crippen LogP contribution in [0, 0.1) is 0 Å². The normalized spacial score (nSPS) is 11.8. The zero-order chi connectivity index (χ0) is 13.7. The average Bonchev–Trinajstić information content (AvgIpc) is 2.35. The summed E-state index contributed by atoms with van der Waals surface area (Å²) < 4.78 is 15.6. The van der Waals surface area contributed by atoms with Crippen molar-refractivity contribution in [2.45, 2.75) is 12.5 Å². The Balaban J connectivity index is 3.25. The van der Waals surface area contributed by atoms with E-state index in [1.54, 1.807) is 12.1 Å². The van der Waals surface area contributed by atoms with Gasteiger partial charge in [-0.3, -0.25) is 4.79 Å². The van der Waals surface area contributed by atoms with Gasteiger partial charge >= 0.3 is 0 Å². The number of benzene rings is 1. The molecule has 0 fully saturated rings. The summed E-state index contributed by atoms with van der Waals surface area (Å²) in [6.45, 7) is 0. The lowest BCUT2D eigenvalue weighted by Crippen LogP contribution is -2.21. The molecule has 0 aliphatic rings. The molecule has 6 nitrogen and oxygen atoms in total. The van der Waals surface area contributed by atoms with Crippen LogP contribution in [0.15, 0.2) is 12.1 Å². The van der Waals surface area contributed by atoms with Gasteiger partial charge in [-0.1, -0.05) is 0 Å². The predicted molar refractivity (Wildman–Crippen MR) is 66.8 cm³/mol.